The molecule has 1 aliphatic carbocycles. The SMILES string of the molecule is N=C(N)C1CCN(C(=O)NCC2CCN(C(=O)OC3CCCC(OC(=O)N4CCC(CNC(=O)N5CCC(C(=N)N)CC5)CC4)CCC3)CC2)CC1. The summed E-state index contributed by atoms with van der Waals surface area (Å²) in [6.45, 7) is 6.09. The normalized spacial score (nSPS) is 24.7. The number of nitrogens with two attached hydrogens (primary N) is 2. The molecule has 0 spiro atoms. The Bertz CT molecular complexity index is 1140. The predicted octanol–water partition coefficient (Wildman–Crippen LogP) is 3.49. The van der Waals surface area contributed by atoms with Crippen LogP contribution in [-0.4, -0.2) is 133 Å². The lowest BCUT2D eigenvalue weighted by Crippen LogP contribution is -2.48. The molecule has 0 aromatic carbocycles. The van der Waals surface area contributed by atoms with Crippen LogP contribution in [0.25, 0.3) is 0 Å². The number of urea groups is 2. The minimum atomic E-state index is -0.262. The van der Waals surface area contributed by atoms with Gasteiger partial charge in [0.15, 0.2) is 0 Å². The second-order valence-electron chi connectivity index (χ2n) is 15.5. The molecule has 4 saturated heterocycles. The molecule has 5 rings (SSSR count). The van der Waals surface area contributed by atoms with Crippen molar-refractivity contribution >= 4 is 35.9 Å². The number of hydrogen-bond acceptors (Lipinski definition) is 8. The van der Waals surface area contributed by atoms with Gasteiger partial charge in [-0.3, -0.25) is 10.8 Å². The standard InChI is InChI=1S/C36H62N10O6/c37-31(38)27-11-19-43(20-12-27)33(47)41-23-25-7-15-45(16-8-25)35(49)51-29-3-1-4-30(6-2-5-29)52-36(50)46-17-9-26(10-18-46)24-42-34(48)44-21-13-28(14-22-44)32(39)40/h25-30H,1-24H2,(H3,37,38)(H3,39,40)(H,41,47)(H,42,48). The van der Waals surface area contributed by atoms with Crippen molar-refractivity contribution in [3.8, 4) is 0 Å². The van der Waals surface area contributed by atoms with Crippen LogP contribution in [0, 0.1) is 34.5 Å². The summed E-state index contributed by atoms with van der Waals surface area (Å²) in [6.07, 6.45) is 10.0. The van der Waals surface area contributed by atoms with Crippen molar-refractivity contribution < 1.29 is 28.7 Å². The third kappa shape index (κ3) is 11.5. The number of carbonyl (C=O) groups excluding carboxylic acids is 4. The van der Waals surface area contributed by atoms with Gasteiger partial charge in [-0.05, 0) is 102 Å². The number of rotatable bonds is 8. The van der Waals surface area contributed by atoms with Crippen LogP contribution in [0.1, 0.15) is 89.9 Å². The Morgan fingerprint density at radius 1 is 0.500 bits per heavy atom. The zero-order valence-corrected chi connectivity index (χ0v) is 30.8. The van der Waals surface area contributed by atoms with E-state index in [1.165, 1.54) is 0 Å². The molecule has 8 N–H and O–H groups in total. The summed E-state index contributed by atoms with van der Waals surface area (Å²) in [6, 6.07) is -0.131. The molecule has 0 atom stereocenters. The van der Waals surface area contributed by atoms with Crippen LogP contribution in [0.15, 0.2) is 0 Å². The number of nitrogens with zero attached hydrogens (tertiary/aromatic N) is 4. The highest BCUT2D eigenvalue weighted by Gasteiger charge is 2.31. The van der Waals surface area contributed by atoms with Crippen molar-refractivity contribution in [3.05, 3.63) is 0 Å². The molecule has 0 aromatic rings. The van der Waals surface area contributed by atoms with E-state index in [4.69, 9.17) is 31.8 Å². The molecule has 16 heteroatoms. The van der Waals surface area contributed by atoms with E-state index < -0.39 is 0 Å². The van der Waals surface area contributed by atoms with Crippen LogP contribution in [0.4, 0.5) is 19.2 Å². The number of hydrogen-bond donors (Lipinski definition) is 6. The van der Waals surface area contributed by atoms with Gasteiger partial charge in [0.2, 0.25) is 0 Å². The first-order valence-electron chi connectivity index (χ1n) is 19.7. The first-order chi connectivity index (χ1) is 25.0. The Labute approximate surface area is 308 Å². The number of amides is 6. The average molecular weight is 731 g/mol. The zero-order valence-electron chi connectivity index (χ0n) is 30.8. The molecule has 5 fully saturated rings. The maximum Gasteiger partial charge on any atom is 0.410 e. The van der Waals surface area contributed by atoms with Gasteiger partial charge in [-0.1, -0.05) is 0 Å². The minimum Gasteiger partial charge on any atom is -0.446 e. The van der Waals surface area contributed by atoms with Crippen LogP contribution in [-0.2, 0) is 9.47 Å². The van der Waals surface area contributed by atoms with Gasteiger partial charge < -0.3 is 51.2 Å². The number of amidine groups is 2. The smallest absolute Gasteiger partial charge is 0.410 e. The van der Waals surface area contributed by atoms with E-state index >= 15 is 0 Å². The van der Waals surface area contributed by atoms with E-state index in [0.29, 0.717) is 77.3 Å². The zero-order chi connectivity index (χ0) is 37.0. The van der Waals surface area contributed by atoms with Crippen molar-refractivity contribution in [3.63, 3.8) is 0 Å². The highest BCUT2D eigenvalue weighted by molar-refractivity contribution is 5.81. The van der Waals surface area contributed by atoms with Crippen LogP contribution in [0.2, 0.25) is 0 Å². The van der Waals surface area contributed by atoms with Crippen molar-refractivity contribution in [1.82, 2.24) is 30.2 Å². The fourth-order valence-corrected chi connectivity index (χ4v) is 8.22. The molecule has 0 unspecified atom stereocenters. The Morgan fingerprint density at radius 3 is 1.12 bits per heavy atom. The van der Waals surface area contributed by atoms with E-state index in [1.807, 2.05) is 0 Å². The molecule has 0 radical (unpaired) electrons. The number of carbonyl (C=O) groups is 4. The molecule has 4 heterocycles. The van der Waals surface area contributed by atoms with Crippen molar-refractivity contribution in [1.29, 1.82) is 10.8 Å². The Kier molecular flexibility index (Phi) is 14.5. The van der Waals surface area contributed by atoms with Crippen LogP contribution < -0.4 is 22.1 Å². The van der Waals surface area contributed by atoms with Crippen LogP contribution in [0.5, 0.6) is 0 Å². The molecule has 52 heavy (non-hydrogen) atoms. The minimum absolute atomic E-state index is 0.0654. The molecule has 0 bridgehead atoms. The fourth-order valence-electron chi connectivity index (χ4n) is 8.22. The topological polar surface area (TPSA) is 224 Å². The second kappa shape index (κ2) is 19.2. The first-order valence-corrected chi connectivity index (χ1v) is 19.7. The van der Waals surface area contributed by atoms with Crippen LogP contribution >= 0.6 is 0 Å². The Morgan fingerprint density at radius 2 is 0.808 bits per heavy atom. The highest BCUT2D eigenvalue weighted by atomic mass is 16.6. The van der Waals surface area contributed by atoms with Gasteiger partial charge in [0, 0.05) is 77.3 Å². The highest BCUT2D eigenvalue weighted by Crippen LogP contribution is 2.26. The molecule has 4 aliphatic heterocycles. The number of likely N-dealkylation sites (tertiary alicyclic amines) is 4. The molecule has 5 aliphatic rings. The molecule has 292 valence electrons. The van der Waals surface area contributed by atoms with Crippen molar-refractivity contribution in [2.45, 2.75) is 102 Å². The van der Waals surface area contributed by atoms with Gasteiger partial charge in [0.25, 0.3) is 0 Å². The van der Waals surface area contributed by atoms with Gasteiger partial charge in [-0.25, -0.2) is 19.2 Å². The third-order valence-electron chi connectivity index (χ3n) is 11.9. The van der Waals surface area contributed by atoms with E-state index in [-0.39, 0.29) is 60.0 Å². The molecule has 1 saturated carbocycles. The van der Waals surface area contributed by atoms with Crippen molar-refractivity contribution in [2.75, 3.05) is 65.4 Å². The van der Waals surface area contributed by atoms with Gasteiger partial charge in [0.1, 0.15) is 12.2 Å². The third-order valence-corrected chi connectivity index (χ3v) is 11.9. The summed E-state index contributed by atoms with van der Waals surface area (Å²) < 4.78 is 11.9. The van der Waals surface area contributed by atoms with Crippen molar-refractivity contribution in [2.24, 2.45) is 35.1 Å². The monoisotopic (exact) mass is 730 g/mol. The quantitative estimate of drug-likeness (QED) is 0.160. The molecular formula is C36H62N10O6. The lowest BCUT2D eigenvalue weighted by molar-refractivity contribution is 0.0211. The first kappa shape index (κ1) is 39.2. The lowest BCUT2D eigenvalue weighted by Gasteiger charge is -2.35. The maximum absolute atomic E-state index is 13.0. The predicted molar refractivity (Wildman–Crippen MR) is 196 cm³/mol. The van der Waals surface area contributed by atoms with Gasteiger partial charge in [0.05, 0.1) is 11.7 Å². The van der Waals surface area contributed by atoms with Gasteiger partial charge in [-0.15, -0.1) is 0 Å². The summed E-state index contributed by atoms with van der Waals surface area (Å²) >= 11 is 0. The molecule has 0 aromatic heterocycles. The molecular weight excluding hydrogens is 668 g/mol. The number of ether oxygens (including phenoxy) is 2. The van der Waals surface area contributed by atoms with Gasteiger partial charge in [-0.2, -0.15) is 0 Å². The van der Waals surface area contributed by atoms with E-state index in [2.05, 4.69) is 10.6 Å². The van der Waals surface area contributed by atoms with E-state index in [1.54, 1.807) is 19.6 Å². The maximum atomic E-state index is 13.0. The van der Waals surface area contributed by atoms with Gasteiger partial charge >= 0.3 is 24.2 Å². The average Bonchev–Trinajstić information content (AvgIpc) is 3.15. The molecule has 16 nitrogen and oxygen atoms in total. The summed E-state index contributed by atoms with van der Waals surface area (Å²) in [4.78, 5) is 58.4. The number of nitrogens with one attached hydrogen (secondary N) is 4. The van der Waals surface area contributed by atoms with Crippen LogP contribution in [0.3, 0.4) is 0 Å². The summed E-state index contributed by atoms with van der Waals surface area (Å²) in [5.41, 5.74) is 11.2. The van der Waals surface area contributed by atoms with E-state index in [0.717, 1.165) is 89.9 Å². The summed E-state index contributed by atoms with van der Waals surface area (Å²) in [5, 5.41) is 21.3. The lowest BCUT2D eigenvalue weighted by atomic mass is 9.95. The summed E-state index contributed by atoms with van der Waals surface area (Å²) in [5.74, 6) is 1.19. The van der Waals surface area contributed by atoms with E-state index in [9.17, 15) is 19.2 Å². The summed E-state index contributed by atoms with van der Waals surface area (Å²) in [7, 11) is 0. The Balaban J connectivity index is 0.904. The number of piperidine rings is 4. The Hall–Kier alpha value is -3.98. The largest absolute Gasteiger partial charge is 0.446 e. The second-order valence-corrected chi connectivity index (χ2v) is 15.5. The molecule has 6 amide bonds. The fraction of sp³-hybridized carbons (Fsp3) is 0.833.